The summed E-state index contributed by atoms with van der Waals surface area (Å²) >= 11 is 0. The van der Waals surface area contributed by atoms with E-state index in [1.54, 1.807) is 0 Å². The van der Waals surface area contributed by atoms with Crippen LogP contribution in [0.4, 0.5) is 17.6 Å². The molecule has 0 bridgehead atoms. The first-order valence-electron chi connectivity index (χ1n) is 9.26. The average molecular weight is 415 g/mol. The number of hydrogen-bond acceptors (Lipinski definition) is 3. The standard InChI is InChI=1S/C19H21F4N3O3/c1-9(2)5-14-18(29)26-8-11(7-15(26)17(28)25-14)24-16(27)10-3-4-13(20)12(6-10)19(21,22)23/h3-4,6,9,11,14-15H,5,7-8H2,1-2H3,(H,24,27)(H,25,28)/t11-,14-,15-/m0/s1. The molecule has 3 rings (SSSR count). The molecule has 1 aromatic rings. The van der Waals surface area contributed by atoms with Crippen molar-refractivity contribution in [2.75, 3.05) is 6.54 Å². The summed E-state index contributed by atoms with van der Waals surface area (Å²) in [7, 11) is 0. The molecule has 3 atom stereocenters. The van der Waals surface area contributed by atoms with Crippen LogP contribution >= 0.6 is 0 Å². The Labute approximate surface area is 164 Å². The molecule has 0 unspecified atom stereocenters. The Morgan fingerprint density at radius 1 is 1.31 bits per heavy atom. The summed E-state index contributed by atoms with van der Waals surface area (Å²) in [6, 6.07) is 0.0416. The highest BCUT2D eigenvalue weighted by atomic mass is 19.4. The van der Waals surface area contributed by atoms with Crippen LogP contribution in [-0.4, -0.2) is 47.3 Å². The zero-order valence-electron chi connectivity index (χ0n) is 15.8. The van der Waals surface area contributed by atoms with E-state index in [1.165, 1.54) is 4.90 Å². The Bertz CT molecular complexity index is 840. The van der Waals surface area contributed by atoms with Gasteiger partial charge in [-0.2, -0.15) is 13.2 Å². The fourth-order valence-corrected chi connectivity index (χ4v) is 3.75. The molecule has 2 saturated heterocycles. The van der Waals surface area contributed by atoms with E-state index in [4.69, 9.17) is 0 Å². The van der Waals surface area contributed by atoms with Crippen LogP contribution in [0.15, 0.2) is 18.2 Å². The van der Waals surface area contributed by atoms with E-state index in [-0.39, 0.29) is 36.3 Å². The second kappa shape index (κ2) is 7.64. The molecule has 2 fully saturated rings. The van der Waals surface area contributed by atoms with Crippen LogP contribution in [0.5, 0.6) is 0 Å². The van der Waals surface area contributed by atoms with E-state index in [9.17, 15) is 31.9 Å². The van der Waals surface area contributed by atoms with E-state index >= 15 is 0 Å². The van der Waals surface area contributed by atoms with Crippen molar-refractivity contribution in [2.45, 2.75) is 51.0 Å². The molecule has 29 heavy (non-hydrogen) atoms. The Balaban J connectivity index is 1.71. The highest BCUT2D eigenvalue weighted by molar-refractivity contribution is 5.98. The first kappa shape index (κ1) is 21.1. The maximum atomic E-state index is 13.4. The van der Waals surface area contributed by atoms with Crippen molar-refractivity contribution in [1.29, 1.82) is 0 Å². The Morgan fingerprint density at radius 3 is 2.62 bits per heavy atom. The van der Waals surface area contributed by atoms with Crippen LogP contribution in [0.3, 0.4) is 0 Å². The van der Waals surface area contributed by atoms with Gasteiger partial charge in [-0.25, -0.2) is 4.39 Å². The van der Waals surface area contributed by atoms with Gasteiger partial charge in [0.25, 0.3) is 5.91 Å². The molecule has 2 aliphatic heterocycles. The van der Waals surface area contributed by atoms with E-state index in [0.29, 0.717) is 18.6 Å². The van der Waals surface area contributed by atoms with Crippen LogP contribution in [0.25, 0.3) is 0 Å². The lowest BCUT2D eigenvalue weighted by Gasteiger charge is -2.35. The van der Waals surface area contributed by atoms with E-state index in [0.717, 1.165) is 6.07 Å². The number of carbonyl (C=O) groups is 3. The first-order chi connectivity index (χ1) is 13.5. The Morgan fingerprint density at radius 2 is 2.00 bits per heavy atom. The number of halogens is 4. The second-order valence-corrected chi connectivity index (χ2v) is 7.80. The molecule has 0 saturated carbocycles. The topological polar surface area (TPSA) is 78.5 Å². The smallest absolute Gasteiger partial charge is 0.347 e. The molecule has 1 aromatic carbocycles. The lowest BCUT2D eigenvalue weighted by molar-refractivity contribution is -0.147. The van der Waals surface area contributed by atoms with Gasteiger partial charge < -0.3 is 15.5 Å². The van der Waals surface area contributed by atoms with Gasteiger partial charge in [-0.15, -0.1) is 0 Å². The second-order valence-electron chi connectivity index (χ2n) is 7.80. The summed E-state index contributed by atoms with van der Waals surface area (Å²) in [6.45, 7) is 3.94. The maximum Gasteiger partial charge on any atom is 0.419 e. The molecule has 0 aromatic heterocycles. The molecule has 3 amide bonds. The van der Waals surface area contributed by atoms with Crippen molar-refractivity contribution >= 4 is 17.7 Å². The summed E-state index contributed by atoms with van der Waals surface area (Å²) in [6.07, 6.45) is -4.28. The quantitative estimate of drug-likeness (QED) is 0.740. The monoisotopic (exact) mass is 415 g/mol. The van der Waals surface area contributed by atoms with Crippen LogP contribution in [0.1, 0.15) is 42.6 Å². The number of rotatable bonds is 4. The lowest BCUT2D eigenvalue weighted by atomic mass is 9.99. The summed E-state index contributed by atoms with van der Waals surface area (Å²) in [4.78, 5) is 38.7. The fourth-order valence-electron chi connectivity index (χ4n) is 3.75. The number of amides is 3. The molecule has 2 aliphatic rings. The number of fused-ring (bicyclic) bond motifs is 1. The predicted octanol–water partition coefficient (Wildman–Crippen LogP) is 2.09. The van der Waals surface area contributed by atoms with Crippen molar-refractivity contribution in [2.24, 2.45) is 5.92 Å². The van der Waals surface area contributed by atoms with E-state index in [2.05, 4.69) is 10.6 Å². The van der Waals surface area contributed by atoms with Crippen LogP contribution in [-0.2, 0) is 15.8 Å². The van der Waals surface area contributed by atoms with Gasteiger partial charge in [-0.1, -0.05) is 13.8 Å². The zero-order valence-corrected chi connectivity index (χ0v) is 15.8. The summed E-state index contributed by atoms with van der Waals surface area (Å²) in [5, 5.41) is 5.24. The molecule has 10 heteroatoms. The van der Waals surface area contributed by atoms with Gasteiger partial charge in [0.2, 0.25) is 11.8 Å². The van der Waals surface area contributed by atoms with Crippen molar-refractivity contribution in [1.82, 2.24) is 15.5 Å². The third-order valence-corrected chi connectivity index (χ3v) is 5.08. The van der Waals surface area contributed by atoms with Gasteiger partial charge >= 0.3 is 6.18 Å². The van der Waals surface area contributed by atoms with Crippen molar-refractivity contribution in [3.63, 3.8) is 0 Å². The maximum absolute atomic E-state index is 13.4. The molecular weight excluding hydrogens is 394 g/mol. The minimum Gasteiger partial charge on any atom is -0.347 e. The third-order valence-electron chi connectivity index (χ3n) is 5.08. The van der Waals surface area contributed by atoms with Crippen molar-refractivity contribution < 1.29 is 31.9 Å². The van der Waals surface area contributed by atoms with Gasteiger partial charge in [-0.05, 0) is 37.0 Å². The summed E-state index contributed by atoms with van der Waals surface area (Å²) in [5.74, 6) is -2.65. The van der Waals surface area contributed by atoms with E-state index in [1.807, 2.05) is 13.8 Å². The molecular formula is C19H21F4N3O3. The highest BCUT2D eigenvalue weighted by Gasteiger charge is 2.46. The average Bonchev–Trinajstić information content (AvgIpc) is 3.03. The predicted molar refractivity (Wildman–Crippen MR) is 94.2 cm³/mol. The molecule has 158 valence electrons. The van der Waals surface area contributed by atoms with Gasteiger partial charge in [-0.3, -0.25) is 14.4 Å². The number of piperazine rings is 1. The minimum absolute atomic E-state index is 0.0879. The first-order valence-corrected chi connectivity index (χ1v) is 9.26. The normalized spacial score (nSPS) is 24.5. The van der Waals surface area contributed by atoms with Crippen LogP contribution in [0.2, 0.25) is 0 Å². The molecule has 0 aliphatic carbocycles. The number of alkyl halides is 3. The Hall–Kier alpha value is -2.65. The number of carbonyl (C=O) groups excluding carboxylic acids is 3. The number of benzene rings is 1. The Kier molecular flexibility index (Phi) is 5.55. The number of nitrogens with one attached hydrogen (secondary N) is 2. The fraction of sp³-hybridized carbons (Fsp3) is 0.526. The number of hydrogen-bond donors (Lipinski definition) is 2. The molecule has 0 radical (unpaired) electrons. The SMILES string of the molecule is CC(C)C[C@@H]1NC(=O)[C@@H]2C[C@H](NC(=O)c3ccc(F)c(C(F)(F)F)c3)CN2C1=O. The van der Waals surface area contributed by atoms with Crippen LogP contribution < -0.4 is 10.6 Å². The van der Waals surface area contributed by atoms with Gasteiger partial charge in [0.1, 0.15) is 17.9 Å². The van der Waals surface area contributed by atoms with Gasteiger partial charge in [0.05, 0.1) is 5.56 Å². The van der Waals surface area contributed by atoms with Gasteiger partial charge in [0, 0.05) is 18.2 Å². The van der Waals surface area contributed by atoms with Crippen LogP contribution in [0, 0.1) is 11.7 Å². The van der Waals surface area contributed by atoms with E-state index < -0.39 is 41.6 Å². The minimum atomic E-state index is -4.93. The summed E-state index contributed by atoms with van der Waals surface area (Å²) < 4.78 is 52.0. The third kappa shape index (κ3) is 4.35. The summed E-state index contributed by atoms with van der Waals surface area (Å²) in [5.41, 5.74) is -1.88. The molecule has 0 spiro atoms. The molecule has 2 N–H and O–H groups in total. The molecule has 6 nitrogen and oxygen atoms in total. The lowest BCUT2D eigenvalue weighted by Crippen LogP contribution is -2.61. The number of nitrogens with zero attached hydrogens (tertiary/aromatic N) is 1. The molecule has 2 heterocycles. The zero-order chi connectivity index (χ0) is 21.5. The van der Waals surface area contributed by atoms with Gasteiger partial charge in [0.15, 0.2) is 0 Å². The van der Waals surface area contributed by atoms with Crippen molar-refractivity contribution in [3.05, 3.63) is 35.1 Å². The van der Waals surface area contributed by atoms with Crippen molar-refractivity contribution in [3.8, 4) is 0 Å². The largest absolute Gasteiger partial charge is 0.419 e. The highest BCUT2D eigenvalue weighted by Crippen LogP contribution is 2.32.